The van der Waals surface area contributed by atoms with Gasteiger partial charge in [-0.3, -0.25) is 9.69 Å². The highest BCUT2D eigenvalue weighted by Gasteiger charge is 2.56. The number of allylic oxidation sites excluding steroid dienone is 1. The van der Waals surface area contributed by atoms with E-state index < -0.39 is 18.2 Å². The summed E-state index contributed by atoms with van der Waals surface area (Å²) in [6.07, 6.45) is -0.0256. The molecule has 0 saturated carbocycles. The maximum atomic E-state index is 12.3. The number of methoxy groups -OCH3 is 1. The van der Waals surface area contributed by atoms with Crippen molar-refractivity contribution in [1.29, 1.82) is 0 Å². The van der Waals surface area contributed by atoms with E-state index in [9.17, 15) is 9.59 Å². The summed E-state index contributed by atoms with van der Waals surface area (Å²) in [6.45, 7) is 3.51. The van der Waals surface area contributed by atoms with Gasteiger partial charge in [0.1, 0.15) is 5.70 Å². The molecule has 0 aliphatic carbocycles. The zero-order valence-corrected chi connectivity index (χ0v) is 13.3. The van der Waals surface area contributed by atoms with Gasteiger partial charge in [0.25, 0.3) is 5.91 Å². The van der Waals surface area contributed by atoms with Crippen LogP contribution in [0, 0.1) is 0 Å². The molecule has 6 nitrogen and oxygen atoms in total. The van der Waals surface area contributed by atoms with Gasteiger partial charge in [-0.2, -0.15) is 0 Å². The molecule has 0 bridgehead atoms. The molecule has 0 spiro atoms. The maximum absolute atomic E-state index is 12.3. The lowest BCUT2D eigenvalue weighted by molar-refractivity contribution is -0.163. The lowest BCUT2D eigenvalue weighted by Crippen LogP contribution is -2.63. The Morgan fingerprint density at radius 3 is 2.61 bits per heavy atom. The monoisotopic (exact) mass is 314 g/mol. The van der Waals surface area contributed by atoms with Gasteiger partial charge in [0.15, 0.2) is 11.9 Å². The van der Waals surface area contributed by atoms with Crippen molar-refractivity contribution >= 4 is 17.8 Å². The first-order valence-corrected chi connectivity index (χ1v) is 7.39. The number of benzene rings is 1. The van der Waals surface area contributed by atoms with E-state index in [1.54, 1.807) is 13.8 Å². The number of β-lactam (4-membered cyclic amide) rings is 1. The fraction of sp³-hybridized carbons (Fsp3) is 0.353. The summed E-state index contributed by atoms with van der Waals surface area (Å²) in [5.74, 6) is -0.267. The summed E-state index contributed by atoms with van der Waals surface area (Å²) in [6, 6.07) is 9.20. The molecule has 6 heteroatoms. The third kappa shape index (κ3) is 2.60. The predicted octanol–water partition coefficient (Wildman–Crippen LogP) is 1.66. The average Bonchev–Trinajstić information content (AvgIpc) is 2.91. The van der Waals surface area contributed by atoms with Crippen LogP contribution in [-0.2, 0) is 25.5 Å². The van der Waals surface area contributed by atoms with Crippen molar-refractivity contribution in [2.45, 2.75) is 32.5 Å². The smallest absolute Gasteiger partial charge is 0.354 e. The first kappa shape index (κ1) is 15.3. The summed E-state index contributed by atoms with van der Waals surface area (Å²) in [7, 11) is 1.29. The van der Waals surface area contributed by atoms with Crippen molar-refractivity contribution in [3.8, 4) is 0 Å². The first-order chi connectivity index (χ1) is 11.0. The Morgan fingerprint density at radius 2 is 2.00 bits per heavy atom. The van der Waals surface area contributed by atoms with E-state index in [1.165, 1.54) is 12.0 Å². The highest BCUT2D eigenvalue weighted by Crippen LogP contribution is 2.35. The number of amides is 1. The molecule has 1 saturated heterocycles. The second-order valence-corrected chi connectivity index (χ2v) is 5.69. The van der Waals surface area contributed by atoms with Gasteiger partial charge < -0.3 is 9.47 Å². The van der Waals surface area contributed by atoms with Crippen LogP contribution in [0.2, 0.25) is 0 Å². The Balaban J connectivity index is 1.76. The number of carbonyl (C=O) groups excluding carboxylic acids is 2. The molecule has 23 heavy (non-hydrogen) atoms. The zero-order valence-electron chi connectivity index (χ0n) is 13.3. The predicted molar refractivity (Wildman–Crippen MR) is 83.5 cm³/mol. The number of likely N-dealkylation sites (tertiary alicyclic amines) is 1. The van der Waals surface area contributed by atoms with E-state index in [1.807, 2.05) is 30.3 Å². The van der Waals surface area contributed by atoms with Crippen molar-refractivity contribution in [2.75, 3.05) is 7.11 Å². The highest BCUT2D eigenvalue weighted by molar-refractivity contribution is 6.02. The Kier molecular flexibility index (Phi) is 3.90. The maximum Gasteiger partial charge on any atom is 0.354 e. The molecule has 2 atom stereocenters. The fourth-order valence-corrected chi connectivity index (χ4v) is 2.75. The van der Waals surface area contributed by atoms with Crippen molar-refractivity contribution in [3.05, 3.63) is 47.2 Å². The molecule has 2 aliphatic heterocycles. The third-order valence-electron chi connectivity index (χ3n) is 3.85. The minimum atomic E-state index is -0.562. The number of hydrogen-bond donors (Lipinski definition) is 0. The summed E-state index contributed by atoms with van der Waals surface area (Å²) < 4.78 is 10.6. The van der Waals surface area contributed by atoms with Gasteiger partial charge in [0, 0.05) is 6.42 Å². The number of esters is 1. The Labute approximate surface area is 134 Å². The van der Waals surface area contributed by atoms with Gasteiger partial charge >= 0.3 is 5.97 Å². The Hall–Kier alpha value is -2.63. The first-order valence-electron chi connectivity index (χ1n) is 7.39. The van der Waals surface area contributed by atoms with E-state index in [2.05, 4.69) is 4.99 Å². The van der Waals surface area contributed by atoms with Gasteiger partial charge in [-0.1, -0.05) is 30.3 Å². The normalized spacial score (nSPS) is 21.8. The van der Waals surface area contributed by atoms with Gasteiger partial charge in [0.2, 0.25) is 6.23 Å². The lowest BCUT2D eigenvalue weighted by Gasteiger charge is -2.40. The van der Waals surface area contributed by atoms with Crippen LogP contribution in [0.5, 0.6) is 0 Å². The average molecular weight is 314 g/mol. The van der Waals surface area contributed by atoms with Gasteiger partial charge in [-0.25, -0.2) is 9.79 Å². The molecule has 0 aromatic heterocycles. The molecular weight excluding hydrogens is 296 g/mol. The third-order valence-corrected chi connectivity index (χ3v) is 3.85. The zero-order chi connectivity index (χ0) is 16.6. The fourth-order valence-electron chi connectivity index (χ4n) is 2.75. The molecule has 2 heterocycles. The highest BCUT2D eigenvalue weighted by atomic mass is 16.5. The standard InChI is InChI=1S/C17H18N2O4/c1-10(2)14(17(21)22-3)19-15(20)13-16(19)23-12(18-13)9-11-7-5-4-6-8-11/h4-8,13,16H,9H2,1-3H3/t13-,16-/m1/s1. The van der Waals surface area contributed by atoms with E-state index in [4.69, 9.17) is 9.47 Å². The SMILES string of the molecule is COC(=O)C(=C(C)C)N1C(=O)[C@H]2N=C(Cc3ccccc3)O[C@H]21. The van der Waals surface area contributed by atoms with E-state index in [-0.39, 0.29) is 11.6 Å². The van der Waals surface area contributed by atoms with Crippen LogP contribution >= 0.6 is 0 Å². The van der Waals surface area contributed by atoms with Gasteiger partial charge in [-0.15, -0.1) is 0 Å². The molecule has 3 rings (SSSR count). The molecule has 0 radical (unpaired) electrons. The van der Waals surface area contributed by atoms with Crippen LogP contribution in [-0.4, -0.2) is 42.1 Å². The molecule has 1 aromatic carbocycles. The molecule has 0 unspecified atom stereocenters. The lowest BCUT2D eigenvalue weighted by atomic mass is 10.0. The Morgan fingerprint density at radius 1 is 1.30 bits per heavy atom. The topological polar surface area (TPSA) is 68.2 Å². The molecule has 2 aliphatic rings. The second-order valence-electron chi connectivity index (χ2n) is 5.69. The van der Waals surface area contributed by atoms with Crippen LogP contribution in [0.25, 0.3) is 0 Å². The van der Waals surface area contributed by atoms with Crippen LogP contribution < -0.4 is 0 Å². The van der Waals surface area contributed by atoms with Crippen LogP contribution in [0.15, 0.2) is 46.6 Å². The summed E-state index contributed by atoms with van der Waals surface area (Å²) in [4.78, 5) is 29.9. The number of rotatable bonds is 4. The van der Waals surface area contributed by atoms with E-state index >= 15 is 0 Å². The molecule has 1 aromatic rings. The van der Waals surface area contributed by atoms with E-state index in [0.717, 1.165) is 5.56 Å². The van der Waals surface area contributed by atoms with Crippen LogP contribution in [0.1, 0.15) is 19.4 Å². The number of nitrogens with zero attached hydrogens (tertiary/aromatic N) is 2. The minimum Gasteiger partial charge on any atom is -0.464 e. The van der Waals surface area contributed by atoms with Crippen LogP contribution in [0.3, 0.4) is 0 Å². The van der Waals surface area contributed by atoms with E-state index in [0.29, 0.717) is 17.9 Å². The van der Waals surface area contributed by atoms with Crippen molar-refractivity contribution in [3.63, 3.8) is 0 Å². The summed E-state index contributed by atoms with van der Waals surface area (Å²) in [5.41, 5.74) is 1.99. The second kappa shape index (κ2) is 5.87. The number of hydrogen-bond acceptors (Lipinski definition) is 5. The number of ether oxygens (including phenoxy) is 2. The van der Waals surface area contributed by atoms with Crippen molar-refractivity contribution in [1.82, 2.24) is 4.90 Å². The molecule has 0 N–H and O–H groups in total. The van der Waals surface area contributed by atoms with Crippen molar-refractivity contribution < 1.29 is 19.1 Å². The summed E-state index contributed by atoms with van der Waals surface area (Å²) >= 11 is 0. The molecular formula is C17H18N2O4. The molecule has 1 fully saturated rings. The van der Waals surface area contributed by atoms with Crippen LogP contribution in [0.4, 0.5) is 0 Å². The quantitative estimate of drug-likeness (QED) is 0.481. The van der Waals surface area contributed by atoms with Crippen molar-refractivity contribution in [2.24, 2.45) is 4.99 Å². The summed E-state index contributed by atoms with van der Waals surface area (Å²) in [5, 5.41) is 0. The molecule has 120 valence electrons. The van der Waals surface area contributed by atoms with Gasteiger partial charge in [0.05, 0.1) is 7.11 Å². The number of carbonyl (C=O) groups is 2. The number of aliphatic imine (C=N–C) groups is 1. The number of fused-ring (bicyclic) bond motifs is 1. The largest absolute Gasteiger partial charge is 0.464 e. The minimum absolute atomic E-state index is 0.231. The molecule has 1 amide bonds. The Bertz CT molecular complexity index is 705. The van der Waals surface area contributed by atoms with Gasteiger partial charge in [-0.05, 0) is 25.0 Å².